The van der Waals surface area contributed by atoms with E-state index < -0.39 is 0 Å². The summed E-state index contributed by atoms with van der Waals surface area (Å²) in [6, 6.07) is 12.3. The summed E-state index contributed by atoms with van der Waals surface area (Å²) in [6.45, 7) is 2.75. The van der Waals surface area contributed by atoms with E-state index in [1.54, 1.807) is 0 Å². The molecule has 0 saturated carbocycles. The molecule has 1 aliphatic heterocycles. The average Bonchev–Trinajstić information content (AvgIpc) is 3.37. The highest BCUT2D eigenvalue weighted by Gasteiger charge is 2.25. The number of nitrogens with one attached hydrogen (secondary N) is 1. The number of rotatable bonds is 7. The number of aryl methyl sites for hydroxylation is 1. The number of fused-ring (bicyclic) bond motifs is 1. The number of benzene rings is 1. The van der Waals surface area contributed by atoms with Crippen molar-refractivity contribution < 1.29 is 4.79 Å². The molecule has 27 heavy (non-hydrogen) atoms. The summed E-state index contributed by atoms with van der Waals surface area (Å²) in [5.41, 5.74) is 2.14. The largest absolute Gasteiger partial charge is 0.354 e. The summed E-state index contributed by atoms with van der Waals surface area (Å²) in [7, 11) is 0. The maximum Gasteiger partial charge on any atom is 0.222 e. The van der Waals surface area contributed by atoms with Gasteiger partial charge in [-0.25, -0.2) is 4.98 Å². The lowest BCUT2D eigenvalue weighted by Crippen LogP contribution is -2.38. The number of piperidine rings is 1. The van der Waals surface area contributed by atoms with Crippen molar-refractivity contribution >= 4 is 16.9 Å². The normalized spacial score (nSPS) is 15.5. The van der Waals surface area contributed by atoms with Gasteiger partial charge in [-0.1, -0.05) is 18.6 Å². The highest BCUT2D eigenvalue weighted by molar-refractivity contribution is 5.76. The van der Waals surface area contributed by atoms with Crippen LogP contribution in [-0.2, 0) is 11.3 Å². The lowest BCUT2D eigenvalue weighted by molar-refractivity contribution is -0.132. The molecule has 5 heteroatoms. The van der Waals surface area contributed by atoms with E-state index in [-0.39, 0.29) is 0 Å². The van der Waals surface area contributed by atoms with Crippen molar-refractivity contribution in [1.82, 2.24) is 19.4 Å². The smallest absolute Gasteiger partial charge is 0.222 e. The average molecular weight is 364 g/mol. The van der Waals surface area contributed by atoms with Crippen LogP contribution in [0.5, 0.6) is 0 Å². The molecule has 3 heterocycles. The Morgan fingerprint density at radius 2 is 1.81 bits per heavy atom. The summed E-state index contributed by atoms with van der Waals surface area (Å²) < 4.78 is 2.20. The third-order valence-electron chi connectivity index (χ3n) is 5.62. The van der Waals surface area contributed by atoms with Crippen LogP contribution in [-0.4, -0.2) is 38.4 Å². The number of hydrogen-bond acceptors (Lipinski definition) is 2. The van der Waals surface area contributed by atoms with E-state index in [0.29, 0.717) is 18.2 Å². The number of imidazole rings is 1. The number of para-hydroxylation sites is 2. The second-order valence-electron chi connectivity index (χ2n) is 7.53. The Balaban J connectivity index is 1.18. The molecule has 3 aromatic rings. The van der Waals surface area contributed by atoms with Gasteiger partial charge in [0.25, 0.3) is 0 Å². The first-order chi connectivity index (χ1) is 13.3. The highest BCUT2D eigenvalue weighted by Crippen LogP contribution is 2.28. The number of likely N-dealkylation sites (tertiary alicyclic amines) is 1. The van der Waals surface area contributed by atoms with Crippen LogP contribution in [0.4, 0.5) is 0 Å². The van der Waals surface area contributed by atoms with Gasteiger partial charge in [0.1, 0.15) is 5.82 Å². The molecule has 1 N–H and O–H groups in total. The molecule has 0 bridgehead atoms. The zero-order valence-corrected chi connectivity index (χ0v) is 15.8. The van der Waals surface area contributed by atoms with Crippen molar-refractivity contribution in [2.24, 2.45) is 0 Å². The first kappa shape index (κ1) is 17.8. The van der Waals surface area contributed by atoms with E-state index in [9.17, 15) is 4.79 Å². The Morgan fingerprint density at radius 3 is 2.59 bits per heavy atom. The zero-order chi connectivity index (χ0) is 18.5. The second kappa shape index (κ2) is 8.42. The number of carbonyl (C=O) groups is 1. The molecule has 0 atom stereocenters. The maximum absolute atomic E-state index is 12.5. The zero-order valence-electron chi connectivity index (χ0n) is 15.8. The first-order valence-corrected chi connectivity index (χ1v) is 10.1. The maximum atomic E-state index is 12.5. The van der Waals surface area contributed by atoms with Gasteiger partial charge >= 0.3 is 0 Å². The van der Waals surface area contributed by atoms with Crippen LogP contribution < -0.4 is 0 Å². The Bertz CT molecular complexity index is 826. The van der Waals surface area contributed by atoms with Gasteiger partial charge in [0.05, 0.1) is 11.0 Å². The van der Waals surface area contributed by atoms with Gasteiger partial charge in [-0.05, 0) is 49.9 Å². The van der Waals surface area contributed by atoms with E-state index in [2.05, 4.69) is 40.1 Å². The third kappa shape index (κ3) is 4.41. The Hall–Kier alpha value is -2.56. The summed E-state index contributed by atoms with van der Waals surface area (Å²) in [4.78, 5) is 22.7. The van der Waals surface area contributed by atoms with E-state index in [0.717, 1.165) is 68.6 Å². The molecule has 5 nitrogen and oxygen atoms in total. The fraction of sp³-hybridized carbons (Fsp3) is 0.455. The third-order valence-corrected chi connectivity index (χ3v) is 5.62. The summed E-state index contributed by atoms with van der Waals surface area (Å²) in [5.74, 6) is 1.83. The molecule has 2 aromatic heterocycles. The SMILES string of the molecule is O=C(CCCCCn1cccc1)N1CCC(c2nc3ccccc3[nH]2)CC1. The molecule has 1 fully saturated rings. The van der Waals surface area contributed by atoms with Crippen LogP contribution in [0.2, 0.25) is 0 Å². The molecule has 0 unspecified atom stereocenters. The van der Waals surface area contributed by atoms with Crippen LogP contribution in [0, 0.1) is 0 Å². The molecule has 0 spiro atoms. The van der Waals surface area contributed by atoms with Crippen LogP contribution in [0.25, 0.3) is 11.0 Å². The number of nitrogens with zero attached hydrogens (tertiary/aromatic N) is 3. The van der Waals surface area contributed by atoms with Crippen LogP contribution >= 0.6 is 0 Å². The van der Waals surface area contributed by atoms with Crippen molar-refractivity contribution in [2.75, 3.05) is 13.1 Å². The van der Waals surface area contributed by atoms with E-state index in [1.807, 2.05) is 23.1 Å². The van der Waals surface area contributed by atoms with Crippen molar-refractivity contribution in [1.29, 1.82) is 0 Å². The van der Waals surface area contributed by atoms with Gasteiger partial charge < -0.3 is 14.5 Å². The number of aromatic amines is 1. The van der Waals surface area contributed by atoms with Gasteiger partial charge in [0.15, 0.2) is 0 Å². The fourth-order valence-corrected chi connectivity index (χ4v) is 3.99. The minimum Gasteiger partial charge on any atom is -0.354 e. The van der Waals surface area contributed by atoms with Crippen molar-refractivity contribution in [2.45, 2.75) is 51.0 Å². The van der Waals surface area contributed by atoms with Crippen LogP contribution in [0.15, 0.2) is 48.8 Å². The predicted octanol–water partition coefficient (Wildman–Crippen LogP) is 4.33. The molecular formula is C22H28N4O. The summed E-state index contributed by atoms with van der Waals surface area (Å²) in [6.07, 6.45) is 10.1. The molecule has 4 rings (SSSR count). The number of H-pyrrole nitrogens is 1. The number of unbranched alkanes of at least 4 members (excludes halogenated alkanes) is 2. The first-order valence-electron chi connectivity index (χ1n) is 10.1. The molecule has 142 valence electrons. The van der Waals surface area contributed by atoms with Gasteiger partial charge in [-0.2, -0.15) is 0 Å². The molecule has 1 amide bonds. The second-order valence-corrected chi connectivity index (χ2v) is 7.53. The van der Waals surface area contributed by atoms with E-state index in [4.69, 9.17) is 4.98 Å². The lowest BCUT2D eigenvalue weighted by atomic mass is 9.96. The monoisotopic (exact) mass is 364 g/mol. The predicted molar refractivity (Wildman–Crippen MR) is 108 cm³/mol. The van der Waals surface area contributed by atoms with Gasteiger partial charge in [-0.3, -0.25) is 4.79 Å². The van der Waals surface area contributed by atoms with Crippen molar-refractivity contribution in [3.63, 3.8) is 0 Å². The summed E-state index contributed by atoms with van der Waals surface area (Å²) >= 11 is 0. The molecule has 1 aromatic carbocycles. The Labute approximate surface area is 160 Å². The molecule has 0 aliphatic carbocycles. The van der Waals surface area contributed by atoms with Gasteiger partial charge in [-0.15, -0.1) is 0 Å². The number of amides is 1. The van der Waals surface area contributed by atoms with E-state index in [1.165, 1.54) is 0 Å². The summed E-state index contributed by atoms with van der Waals surface area (Å²) in [5, 5.41) is 0. The minimum atomic E-state index is 0.319. The van der Waals surface area contributed by atoms with E-state index >= 15 is 0 Å². The Morgan fingerprint density at radius 1 is 1.04 bits per heavy atom. The topological polar surface area (TPSA) is 53.9 Å². The number of aromatic nitrogens is 3. The standard InChI is InChI=1S/C22H28N4O/c27-21(10-2-1-5-13-25-14-6-7-15-25)26-16-11-18(12-17-26)22-23-19-8-3-4-9-20(19)24-22/h3-4,6-9,14-15,18H,1-2,5,10-13,16-17H2,(H,23,24). The molecular weight excluding hydrogens is 336 g/mol. The molecule has 1 aliphatic rings. The lowest BCUT2D eigenvalue weighted by Gasteiger charge is -2.31. The fourth-order valence-electron chi connectivity index (χ4n) is 3.99. The molecule has 1 saturated heterocycles. The number of hydrogen-bond donors (Lipinski definition) is 1. The minimum absolute atomic E-state index is 0.319. The van der Waals surface area contributed by atoms with Gasteiger partial charge in [0.2, 0.25) is 5.91 Å². The van der Waals surface area contributed by atoms with Crippen molar-refractivity contribution in [3.8, 4) is 0 Å². The molecule has 0 radical (unpaired) electrons. The van der Waals surface area contributed by atoms with Gasteiger partial charge in [0, 0.05) is 44.4 Å². The van der Waals surface area contributed by atoms with Crippen LogP contribution in [0.3, 0.4) is 0 Å². The quantitative estimate of drug-likeness (QED) is 0.634. The number of carbonyl (C=O) groups excluding carboxylic acids is 1. The van der Waals surface area contributed by atoms with Crippen molar-refractivity contribution in [3.05, 3.63) is 54.6 Å². The Kier molecular flexibility index (Phi) is 5.56. The highest BCUT2D eigenvalue weighted by atomic mass is 16.2. The van der Waals surface area contributed by atoms with Crippen LogP contribution in [0.1, 0.15) is 50.3 Å².